The standard InChI is InChI=1S/C23H27ClN4O2.C7H16N2O/c1-2-3-5-13-27-21(26-12-6-4-7-19(26)16-29)14-22(30)28-15-20(25-23(27)28)17-8-10-18(24)11-9-17;1-5(2)4-6(9-3)7(8)10/h8-11,14-16,19H,2-7,12-13H2,1H3;5-6,9H,4H2,1-3H3,(H2,8,10). The molecule has 0 saturated carbocycles. The normalized spacial score (nSPS) is 16.1. The minimum atomic E-state index is -0.267. The van der Waals surface area contributed by atoms with Gasteiger partial charge in [-0.1, -0.05) is 57.3 Å². The van der Waals surface area contributed by atoms with Crippen LogP contribution < -0.4 is 21.5 Å². The zero-order valence-corrected chi connectivity index (χ0v) is 24.9. The molecule has 40 heavy (non-hydrogen) atoms. The molecule has 4 rings (SSSR count). The number of nitrogens with zero attached hydrogens (tertiary/aromatic N) is 4. The first-order valence-electron chi connectivity index (χ1n) is 14.3. The zero-order valence-electron chi connectivity index (χ0n) is 24.1. The summed E-state index contributed by atoms with van der Waals surface area (Å²) in [7, 11) is 1.75. The van der Waals surface area contributed by atoms with Crippen LogP contribution in [0.5, 0.6) is 0 Å². The Bertz CT molecular complexity index is 1320. The van der Waals surface area contributed by atoms with Gasteiger partial charge in [-0.05, 0) is 57.2 Å². The van der Waals surface area contributed by atoms with Gasteiger partial charge in [-0.15, -0.1) is 0 Å². The van der Waals surface area contributed by atoms with Crippen molar-refractivity contribution in [2.24, 2.45) is 11.7 Å². The molecule has 10 heteroatoms. The van der Waals surface area contributed by atoms with E-state index in [2.05, 4.69) is 35.6 Å². The van der Waals surface area contributed by atoms with E-state index in [1.54, 1.807) is 23.7 Å². The van der Waals surface area contributed by atoms with E-state index >= 15 is 0 Å². The number of nitrogens with one attached hydrogen (secondary N) is 1. The van der Waals surface area contributed by atoms with Crippen LogP contribution in [0.3, 0.4) is 0 Å². The highest BCUT2D eigenvalue weighted by molar-refractivity contribution is 6.30. The van der Waals surface area contributed by atoms with Crippen molar-refractivity contribution >= 4 is 35.4 Å². The molecule has 1 saturated heterocycles. The summed E-state index contributed by atoms with van der Waals surface area (Å²) in [5.41, 5.74) is 6.61. The molecule has 1 amide bonds. The van der Waals surface area contributed by atoms with Gasteiger partial charge in [0.05, 0.1) is 17.8 Å². The van der Waals surface area contributed by atoms with Gasteiger partial charge in [0.25, 0.3) is 5.56 Å². The summed E-state index contributed by atoms with van der Waals surface area (Å²) in [6, 6.07) is 8.76. The largest absolute Gasteiger partial charge is 0.368 e. The maximum absolute atomic E-state index is 13.0. The number of amides is 1. The number of hydrogen-bond donors (Lipinski definition) is 2. The third-order valence-electron chi connectivity index (χ3n) is 7.22. The lowest BCUT2D eigenvalue weighted by atomic mass is 10.0. The molecule has 2 atom stereocenters. The van der Waals surface area contributed by atoms with Gasteiger partial charge in [0, 0.05) is 35.9 Å². The lowest BCUT2D eigenvalue weighted by Crippen LogP contribution is -2.43. The number of imidazole rings is 1. The van der Waals surface area contributed by atoms with Gasteiger partial charge in [-0.2, -0.15) is 0 Å². The quantitative estimate of drug-likeness (QED) is 0.256. The molecule has 9 nitrogen and oxygen atoms in total. The second kappa shape index (κ2) is 15.0. The number of rotatable bonds is 11. The van der Waals surface area contributed by atoms with Crippen LogP contribution in [0.4, 0.5) is 5.82 Å². The second-order valence-corrected chi connectivity index (χ2v) is 11.2. The molecule has 1 aliphatic rings. The van der Waals surface area contributed by atoms with Crippen molar-refractivity contribution in [3.05, 3.63) is 51.9 Å². The van der Waals surface area contributed by atoms with Crippen molar-refractivity contribution < 1.29 is 9.59 Å². The Morgan fingerprint density at radius 2 is 1.95 bits per heavy atom. The van der Waals surface area contributed by atoms with Crippen LogP contribution in [0.1, 0.15) is 65.7 Å². The van der Waals surface area contributed by atoms with Crippen LogP contribution in [0.15, 0.2) is 41.3 Å². The number of anilines is 1. The molecule has 0 aliphatic carbocycles. The summed E-state index contributed by atoms with van der Waals surface area (Å²) >= 11 is 6.02. The molecule has 3 heterocycles. The van der Waals surface area contributed by atoms with Crippen molar-refractivity contribution in [2.45, 2.75) is 84.3 Å². The van der Waals surface area contributed by atoms with Gasteiger partial charge < -0.3 is 20.7 Å². The van der Waals surface area contributed by atoms with E-state index < -0.39 is 0 Å². The number of fused-ring (bicyclic) bond motifs is 1. The van der Waals surface area contributed by atoms with Crippen molar-refractivity contribution in [1.29, 1.82) is 0 Å². The number of piperidine rings is 1. The molecule has 1 aliphatic heterocycles. The number of hydrogen-bond acceptors (Lipinski definition) is 6. The molecular weight excluding hydrogens is 528 g/mol. The first-order valence-corrected chi connectivity index (χ1v) is 14.6. The van der Waals surface area contributed by atoms with E-state index in [0.717, 1.165) is 81.4 Å². The molecule has 3 N–H and O–H groups in total. The predicted molar refractivity (Wildman–Crippen MR) is 162 cm³/mol. The smallest absolute Gasteiger partial charge is 0.261 e. The fourth-order valence-electron chi connectivity index (χ4n) is 5.05. The number of halogens is 1. The minimum absolute atomic E-state index is 0.130. The van der Waals surface area contributed by atoms with Crippen LogP contribution in [0.25, 0.3) is 17.0 Å². The number of unbranched alkanes of at least 4 members (excludes halogenated alkanes) is 2. The molecule has 1 fully saturated rings. The van der Waals surface area contributed by atoms with E-state index in [1.807, 2.05) is 24.3 Å². The average molecular weight is 571 g/mol. The Hall–Kier alpha value is -3.17. The van der Waals surface area contributed by atoms with Crippen LogP contribution in [-0.4, -0.2) is 51.8 Å². The van der Waals surface area contributed by atoms with Gasteiger partial charge >= 0.3 is 0 Å². The number of aldehydes is 1. The van der Waals surface area contributed by atoms with E-state index in [0.29, 0.717) is 16.7 Å². The van der Waals surface area contributed by atoms with Crippen LogP contribution >= 0.6 is 11.6 Å². The maximum Gasteiger partial charge on any atom is 0.261 e. The number of aryl methyl sites for hydroxylation is 1. The molecular formula is C30H43ClN6O3. The molecule has 3 aromatic rings. The van der Waals surface area contributed by atoms with E-state index in [-0.39, 0.29) is 23.6 Å². The number of likely N-dealkylation sites (N-methyl/N-ethyl adjacent to an activating group) is 1. The number of nitrogens with two attached hydrogens (primary N) is 1. The van der Waals surface area contributed by atoms with Crippen molar-refractivity contribution in [2.75, 3.05) is 18.5 Å². The molecule has 0 spiro atoms. The highest BCUT2D eigenvalue weighted by atomic mass is 35.5. The van der Waals surface area contributed by atoms with E-state index in [4.69, 9.17) is 22.3 Å². The summed E-state index contributed by atoms with van der Waals surface area (Å²) in [5.74, 6) is 1.66. The Labute approximate surface area is 241 Å². The fourth-order valence-corrected chi connectivity index (χ4v) is 5.17. The third kappa shape index (κ3) is 7.95. The molecule has 2 unspecified atom stereocenters. The summed E-state index contributed by atoms with van der Waals surface area (Å²) in [6.07, 6.45) is 9.67. The highest BCUT2D eigenvalue weighted by Gasteiger charge is 2.26. The van der Waals surface area contributed by atoms with Crippen molar-refractivity contribution in [3.8, 4) is 11.3 Å². The Morgan fingerprint density at radius 3 is 2.52 bits per heavy atom. The van der Waals surface area contributed by atoms with Crippen molar-refractivity contribution in [1.82, 2.24) is 19.3 Å². The van der Waals surface area contributed by atoms with E-state index in [9.17, 15) is 14.4 Å². The average Bonchev–Trinajstić information content (AvgIpc) is 3.39. The fraction of sp³-hybridized carbons (Fsp3) is 0.533. The molecule has 0 bridgehead atoms. The van der Waals surface area contributed by atoms with Gasteiger partial charge in [0.2, 0.25) is 11.7 Å². The van der Waals surface area contributed by atoms with E-state index in [1.165, 1.54) is 0 Å². The topological polar surface area (TPSA) is 115 Å². The summed E-state index contributed by atoms with van der Waals surface area (Å²) in [5, 5.41) is 3.52. The van der Waals surface area contributed by atoms with Crippen molar-refractivity contribution in [3.63, 3.8) is 0 Å². The van der Waals surface area contributed by atoms with Gasteiger partial charge in [0.1, 0.15) is 12.1 Å². The monoisotopic (exact) mass is 570 g/mol. The maximum atomic E-state index is 13.0. The predicted octanol–water partition coefficient (Wildman–Crippen LogP) is 4.67. The first-order chi connectivity index (χ1) is 19.2. The molecule has 1 aromatic carbocycles. The number of aromatic nitrogens is 3. The first kappa shape index (κ1) is 31.4. The summed E-state index contributed by atoms with van der Waals surface area (Å²) < 4.78 is 3.72. The molecule has 218 valence electrons. The Morgan fingerprint density at radius 1 is 1.23 bits per heavy atom. The minimum Gasteiger partial charge on any atom is -0.368 e. The Balaban J connectivity index is 0.000000378. The number of carbonyl (C=O) groups excluding carboxylic acids is 2. The number of primary amides is 1. The van der Waals surface area contributed by atoms with Crippen LogP contribution in [0.2, 0.25) is 5.02 Å². The highest BCUT2D eigenvalue weighted by Crippen LogP contribution is 2.27. The zero-order chi connectivity index (χ0) is 29.2. The third-order valence-corrected chi connectivity index (χ3v) is 7.47. The van der Waals surface area contributed by atoms with Gasteiger partial charge in [-0.25, -0.2) is 4.98 Å². The summed E-state index contributed by atoms with van der Waals surface area (Å²) in [4.78, 5) is 42.2. The second-order valence-electron chi connectivity index (χ2n) is 10.8. The molecule has 0 radical (unpaired) electrons. The van der Waals surface area contributed by atoms with Gasteiger partial charge in [0.15, 0.2) is 0 Å². The lowest BCUT2D eigenvalue weighted by Gasteiger charge is -2.35. The molecule has 2 aromatic heterocycles. The number of benzene rings is 1. The summed E-state index contributed by atoms with van der Waals surface area (Å²) in [6.45, 7) is 7.83. The van der Waals surface area contributed by atoms with Crippen LogP contribution in [-0.2, 0) is 16.1 Å². The number of carbonyl (C=O) groups is 2. The van der Waals surface area contributed by atoms with Crippen LogP contribution in [0, 0.1) is 5.92 Å². The Kier molecular flexibility index (Phi) is 11.8. The van der Waals surface area contributed by atoms with Gasteiger partial charge in [-0.3, -0.25) is 18.6 Å². The lowest BCUT2D eigenvalue weighted by molar-refractivity contribution is -0.120. The SMILES string of the molecule is CCCCCn1c(N2CCCCC2C=O)cc(=O)n2cc(-c3ccc(Cl)cc3)nc12.CNC(CC(C)C)C(N)=O.